The van der Waals surface area contributed by atoms with E-state index in [1.165, 1.54) is 24.3 Å². The van der Waals surface area contributed by atoms with E-state index in [2.05, 4.69) is 4.72 Å². The van der Waals surface area contributed by atoms with Crippen molar-refractivity contribution in [2.45, 2.75) is 37.3 Å². The molecule has 0 spiro atoms. The van der Waals surface area contributed by atoms with E-state index in [4.69, 9.17) is 16.3 Å². The Morgan fingerprint density at radius 3 is 2.65 bits per heavy atom. The van der Waals surface area contributed by atoms with Crippen molar-refractivity contribution in [1.29, 1.82) is 0 Å². The molecule has 0 aromatic heterocycles. The van der Waals surface area contributed by atoms with Crippen LogP contribution in [0.2, 0.25) is 5.02 Å². The third-order valence-electron chi connectivity index (χ3n) is 4.01. The maximum atomic E-state index is 13.1. The number of ether oxygens (including phenoxy) is 1. The first-order valence-corrected chi connectivity index (χ1v) is 9.86. The maximum Gasteiger partial charge on any atom is 0.338 e. The highest BCUT2D eigenvalue weighted by Crippen LogP contribution is 2.24. The minimum atomic E-state index is -3.67. The largest absolute Gasteiger partial charge is 0.457 e. The van der Waals surface area contributed by atoms with E-state index >= 15 is 0 Å². The zero-order valence-electron chi connectivity index (χ0n) is 14.0. The molecule has 3 rings (SSSR count). The predicted octanol–water partition coefficient (Wildman–Crippen LogP) is 3.59. The molecule has 2 aromatic carbocycles. The molecule has 2 aromatic rings. The second-order valence-electron chi connectivity index (χ2n) is 6.18. The van der Waals surface area contributed by atoms with Gasteiger partial charge >= 0.3 is 5.97 Å². The van der Waals surface area contributed by atoms with E-state index in [1.807, 2.05) is 0 Å². The summed E-state index contributed by atoms with van der Waals surface area (Å²) in [5.74, 6) is -1.16. The SMILES string of the molecule is Cc1ccc(S(=O)(=O)NC2CC2)cc1C(=O)OCc1ccc(F)cc1Cl. The van der Waals surface area contributed by atoms with Crippen LogP contribution in [0.4, 0.5) is 4.39 Å². The molecule has 0 bridgehead atoms. The molecule has 0 atom stereocenters. The Hall–Kier alpha value is -1.96. The van der Waals surface area contributed by atoms with Crippen LogP contribution < -0.4 is 4.72 Å². The van der Waals surface area contributed by atoms with Crippen LogP contribution in [0.15, 0.2) is 41.3 Å². The van der Waals surface area contributed by atoms with Crippen molar-refractivity contribution < 1.29 is 22.3 Å². The minimum absolute atomic E-state index is 0.0155. The first-order valence-electron chi connectivity index (χ1n) is 8.00. The Morgan fingerprint density at radius 1 is 1.27 bits per heavy atom. The summed E-state index contributed by atoms with van der Waals surface area (Å²) in [6, 6.07) is 8.06. The van der Waals surface area contributed by atoms with Crippen LogP contribution in [0.1, 0.15) is 34.3 Å². The summed E-state index contributed by atoms with van der Waals surface area (Å²) in [5.41, 5.74) is 1.20. The van der Waals surface area contributed by atoms with Crippen molar-refractivity contribution >= 4 is 27.6 Å². The van der Waals surface area contributed by atoms with Gasteiger partial charge in [-0.2, -0.15) is 0 Å². The number of esters is 1. The van der Waals surface area contributed by atoms with Gasteiger partial charge in [-0.25, -0.2) is 22.3 Å². The van der Waals surface area contributed by atoms with Crippen LogP contribution in [-0.4, -0.2) is 20.4 Å². The van der Waals surface area contributed by atoms with Crippen molar-refractivity contribution in [2.75, 3.05) is 0 Å². The zero-order chi connectivity index (χ0) is 18.9. The van der Waals surface area contributed by atoms with Crippen molar-refractivity contribution in [1.82, 2.24) is 4.72 Å². The van der Waals surface area contributed by atoms with Crippen molar-refractivity contribution in [3.05, 3.63) is 63.9 Å². The van der Waals surface area contributed by atoms with Crippen LogP contribution in [0.25, 0.3) is 0 Å². The fourth-order valence-corrected chi connectivity index (χ4v) is 3.89. The molecule has 0 amide bonds. The lowest BCUT2D eigenvalue weighted by Crippen LogP contribution is -2.26. The standard InChI is InChI=1S/C18H17ClFNO4S/c1-11-2-7-15(26(23,24)21-14-5-6-14)9-16(11)18(22)25-10-12-3-4-13(20)8-17(12)19/h2-4,7-9,14,21H,5-6,10H2,1H3. The third kappa shape index (κ3) is 4.41. The van der Waals surface area contributed by atoms with Crippen molar-refractivity contribution in [3.8, 4) is 0 Å². The first kappa shape index (κ1) is 18.8. The predicted molar refractivity (Wildman–Crippen MR) is 95.1 cm³/mol. The van der Waals surface area contributed by atoms with E-state index in [-0.39, 0.29) is 28.1 Å². The molecule has 0 radical (unpaired) electrons. The lowest BCUT2D eigenvalue weighted by molar-refractivity contribution is 0.0471. The number of sulfonamides is 1. The number of carbonyl (C=O) groups is 1. The third-order valence-corrected chi connectivity index (χ3v) is 5.88. The van der Waals surface area contributed by atoms with Gasteiger partial charge in [0.1, 0.15) is 12.4 Å². The molecule has 0 heterocycles. The average molecular weight is 398 g/mol. The van der Waals surface area contributed by atoms with Gasteiger partial charge in [0.15, 0.2) is 0 Å². The van der Waals surface area contributed by atoms with Gasteiger partial charge in [0.25, 0.3) is 0 Å². The normalized spacial score (nSPS) is 14.3. The average Bonchev–Trinajstić information content (AvgIpc) is 3.37. The Bertz CT molecular complexity index is 958. The number of carbonyl (C=O) groups excluding carboxylic acids is 1. The summed E-state index contributed by atoms with van der Waals surface area (Å²) in [7, 11) is -3.67. The van der Waals surface area contributed by atoms with Crippen molar-refractivity contribution in [3.63, 3.8) is 0 Å². The summed E-state index contributed by atoms with van der Waals surface area (Å²) in [5, 5.41) is 0.152. The van der Waals surface area contributed by atoms with Gasteiger partial charge in [-0.05, 0) is 49.6 Å². The Balaban J connectivity index is 1.77. The van der Waals surface area contributed by atoms with Gasteiger partial charge < -0.3 is 4.74 Å². The highest BCUT2D eigenvalue weighted by Gasteiger charge is 2.28. The number of hydrogen-bond donors (Lipinski definition) is 1. The van der Waals surface area contributed by atoms with Gasteiger partial charge in [0.05, 0.1) is 15.5 Å². The molecule has 1 saturated carbocycles. The summed E-state index contributed by atoms with van der Waals surface area (Å²) in [6.45, 7) is 1.54. The quantitative estimate of drug-likeness (QED) is 0.756. The molecule has 1 aliphatic carbocycles. The molecule has 26 heavy (non-hydrogen) atoms. The molecule has 138 valence electrons. The van der Waals surface area contributed by atoms with Crippen molar-refractivity contribution in [2.24, 2.45) is 0 Å². The fraction of sp³-hybridized carbons (Fsp3) is 0.278. The van der Waals surface area contributed by atoms with E-state index in [0.717, 1.165) is 18.9 Å². The van der Waals surface area contributed by atoms with Gasteiger partial charge in [-0.1, -0.05) is 23.7 Å². The van der Waals surface area contributed by atoms with Crippen LogP contribution >= 0.6 is 11.6 Å². The van der Waals surface area contributed by atoms with Gasteiger partial charge in [0, 0.05) is 11.6 Å². The molecule has 1 fully saturated rings. The Morgan fingerprint density at radius 2 is 2.00 bits per heavy atom. The molecular weight excluding hydrogens is 381 g/mol. The van der Waals surface area contributed by atoms with Crippen LogP contribution in [0.3, 0.4) is 0 Å². The molecule has 0 saturated heterocycles. The van der Waals surface area contributed by atoms with Gasteiger partial charge in [0.2, 0.25) is 10.0 Å². The lowest BCUT2D eigenvalue weighted by atomic mass is 10.1. The number of nitrogens with one attached hydrogen (secondary N) is 1. The summed E-state index contributed by atoms with van der Waals surface area (Å²) in [6.07, 6.45) is 1.64. The smallest absolute Gasteiger partial charge is 0.338 e. The summed E-state index contributed by atoms with van der Waals surface area (Å²) in [4.78, 5) is 12.4. The second-order valence-corrected chi connectivity index (χ2v) is 8.31. The minimum Gasteiger partial charge on any atom is -0.457 e. The summed E-state index contributed by atoms with van der Waals surface area (Å²) >= 11 is 5.91. The van der Waals surface area contributed by atoms with Gasteiger partial charge in [-0.3, -0.25) is 0 Å². The first-order chi connectivity index (χ1) is 12.3. The maximum absolute atomic E-state index is 13.1. The van der Waals surface area contributed by atoms with E-state index < -0.39 is 21.8 Å². The monoisotopic (exact) mass is 397 g/mol. The Labute approximate surface area is 156 Å². The highest BCUT2D eigenvalue weighted by atomic mass is 35.5. The number of benzene rings is 2. The number of hydrogen-bond acceptors (Lipinski definition) is 4. The number of aryl methyl sites for hydroxylation is 1. The molecule has 1 N–H and O–H groups in total. The Kier molecular flexibility index (Phi) is 5.32. The van der Waals surface area contributed by atoms with E-state index in [0.29, 0.717) is 11.1 Å². The molecule has 0 aliphatic heterocycles. The summed E-state index contributed by atoms with van der Waals surface area (Å²) < 4.78 is 45.5. The van der Waals surface area contributed by atoms with Gasteiger partial charge in [-0.15, -0.1) is 0 Å². The van der Waals surface area contributed by atoms with E-state index in [9.17, 15) is 17.6 Å². The fourth-order valence-electron chi connectivity index (χ4n) is 2.34. The van der Waals surface area contributed by atoms with Crippen LogP contribution in [0, 0.1) is 12.7 Å². The zero-order valence-corrected chi connectivity index (χ0v) is 15.5. The molecule has 8 heteroatoms. The molecule has 5 nitrogen and oxygen atoms in total. The number of halogens is 2. The van der Waals surface area contributed by atoms with E-state index in [1.54, 1.807) is 13.0 Å². The highest BCUT2D eigenvalue weighted by molar-refractivity contribution is 7.89. The number of rotatable bonds is 6. The second kappa shape index (κ2) is 7.34. The lowest BCUT2D eigenvalue weighted by Gasteiger charge is -2.11. The van der Waals surface area contributed by atoms with Crippen LogP contribution in [-0.2, 0) is 21.4 Å². The topological polar surface area (TPSA) is 72.5 Å². The molecule has 0 unspecified atom stereocenters. The molecule has 1 aliphatic rings. The van der Waals surface area contributed by atoms with Crippen LogP contribution in [0.5, 0.6) is 0 Å². The molecular formula is C18H17ClFNO4S.